The molecule has 1 aromatic rings. The molecule has 0 aromatic heterocycles. The first kappa shape index (κ1) is 16.0. The number of carbonyl (C=O) groups excluding carboxylic acids is 1. The van der Waals surface area contributed by atoms with Crippen molar-refractivity contribution in [2.24, 2.45) is 0 Å². The first-order valence-corrected chi connectivity index (χ1v) is 8.61. The first-order valence-electron chi connectivity index (χ1n) is 8.61. The fraction of sp³-hybridized carbons (Fsp3) is 0.611. The lowest BCUT2D eigenvalue weighted by atomic mass is 9.91. The third kappa shape index (κ3) is 2.93. The van der Waals surface area contributed by atoms with Crippen molar-refractivity contribution in [3.05, 3.63) is 35.4 Å². The summed E-state index contributed by atoms with van der Waals surface area (Å²) < 4.78 is 38.6. The summed E-state index contributed by atoms with van der Waals surface area (Å²) in [5.41, 5.74) is 1.26. The fourth-order valence-electron chi connectivity index (χ4n) is 4.07. The zero-order valence-corrected chi connectivity index (χ0v) is 13.4. The number of ether oxygens (including phenoxy) is 2. The lowest BCUT2D eigenvalue weighted by Gasteiger charge is -2.38. The quantitative estimate of drug-likeness (QED) is 0.791. The minimum absolute atomic E-state index is 0.0291. The van der Waals surface area contributed by atoms with Gasteiger partial charge in [0, 0.05) is 24.6 Å². The number of benzene rings is 1. The van der Waals surface area contributed by atoms with E-state index < -0.39 is 12.2 Å². The maximum Gasteiger partial charge on any atom is 0.341 e. The van der Waals surface area contributed by atoms with Gasteiger partial charge in [-0.1, -0.05) is 31.0 Å². The van der Waals surface area contributed by atoms with Crippen molar-refractivity contribution < 1.29 is 23.0 Å². The minimum Gasteiger partial charge on any atom is -0.428 e. The highest BCUT2D eigenvalue weighted by molar-refractivity contribution is 5.93. The molecule has 3 atom stereocenters. The van der Waals surface area contributed by atoms with E-state index in [0.29, 0.717) is 12.1 Å². The lowest BCUT2D eigenvalue weighted by molar-refractivity contribution is -0.164. The van der Waals surface area contributed by atoms with Gasteiger partial charge in [0.05, 0.1) is 18.2 Å². The maximum absolute atomic E-state index is 13.6. The van der Waals surface area contributed by atoms with Gasteiger partial charge in [-0.25, -0.2) is 13.6 Å². The third-order valence-corrected chi connectivity index (χ3v) is 5.28. The second kappa shape index (κ2) is 6.08. The van der Waals surface area contributed by atoms with E-state index in [-0.39, 0.29) is 31.1 Å². The molecular formula is C18H21F2NO3. The Balaban J connectivity index is 1.50. The van der Waals surface area contributed by atoms with Crippen LogP contribution in [0.4, 0.5) is 8.78 Å². The summed E-state index contributed by atoms with van der Waals surface area (Å²) in [5, 5.41) is 0. The van der Waals surface area contributed by atoms with E-state index in [0.717, 1.165) is 31.2 Å². The molecule has 1 saturated carbocycles. The van der Waals surface area contributed by atoms with Crippen LogP contribution < -0.4 is 0 Å². The van der Waals surface area contributed by atoms with E-state index in [1.165, 1.54) is 0 Å². The van der Waals surface area contributed by atoms with Gasteiger partial charge < -0.3 is 9.47 Å². The normalized spacial score (nSPS) is 32.6. The number of fused-ring (bicyclic) bond motifs is 1. The van der Waals surface area contributed by atoms with Crippen LogP contribution in [0.3, 0.4) is 0 Å². The summed E-state index contributed by atoms with van der Waals surface area (Å²) in [6.45, 7) is 0.205. The van der Waals surface area contributed by atoms with Crippen molar-refractivity contribution in [2.45, 2.75) is 56.5 Å². The molecular weight excluding hydrogens is 316 g/mol. The molecule has 4 nitrogen and oxygen atoms in total. The van der Waals surface area contributed by atoms with Crippen molar-refractivity contribution in [1.29, 1.82) is 0 Å². The van der Waals surface area contributed by atoms with Crippen molar-refractivity contribution in [3.8, 4) is 0 Å². The van der Waals surface area contributed by atoms with Crippen molar-refractivity contribution in [1.82, 2.24) is 4.90 Å². The number of carbonyl (C=O) groups is 1. The lowest BCUT2D eigenvalue weighted by Crippen LogP contribution is -2.46. The van der Waals surface area contributed by atoms with Crippen LogP contribution in [0.5, 0.6) is 0 Å². The van der Waals surface area contributed by atoms with Crippen LogP contribution in [-0.4, -0.2) is 42.0 Å². The average Bonchev–Trinajstić information content (AvgIpc) is 3.09. The molecule has 0 amide bonds. The van der Waals surface area contributed by atoms with E-state index in [1.54, 1.807) is 12.1 Å². The first-order chi connectivity index (χ1) is 11.5. The molecule has 130 valence electrons. The van der Waals surface area contributed by atoms with Crippen LogP contribution >= 0.6 is 0 Å². The van der Waals surface area contributed by atoms with Gasteiger partial charge in [0.1, 0.15) is 0 Å². The number of esters is 1. The van der Waals surface area contributed by atoms with Gasteiger partial charge in [0.25, 0.3) is 5.92 Å². The van der Waals surface area contributed by atoms with Crippen LogP contribution in [-0.2, 0) is 9.47 Å². The van der Waals surface area contributed by atoms with Crippen LogP contribution in [0.15, 0.2) is 24.3 Å². The summed E-state index contributed by atoms with van der Waals surface area (Å²) in [6.07, 6.45) is 2.70. The number of hydrogen-bond acceptors (Lipinski definition) is 4. The molecule has 0 N–H and O–H groups in total. The van der Waals surface area contributed by atoms with Crippen LogP contribution in [0.1, 0.15) is 54.3 Å². The Bertz CT molecular complexity index is 636. The molecule has 1 aliphatic carbocycles. The molecule has 2 aliphatic heterocycles. The summed E-state index contributed by atoms with van der Waals surface area (Å²) in [4.78, 5) is 13.8. The SMILES string of the molecule is O=C1OC(O[C@@H]2CCCC[C@H]2N2CCC(F)(F)C2)c2ccccc21. The molecule has 1 aromatic carbocycles. The second-order valence-electron chi connectivity index (χ2n) is 6.93. The number of likely N-dealkylation sites (tertiary alicyclic amines) is 1. The largest absolute Gasteiger partial charge is 0.428 e. The van der Waals surface area contributed by atoms with Gasteiger partial charge in [-0.15, -0.1) is 0 Å². The van der Waals surface area contributed by atoms with Gasteiger partial charge in [-0.3, -0.25) is 4.90 Å². The average molecular weight is 337 g/mol. The van der Waals surface area contributed by atoms with Crippen LogP contribution in [0.2, 0.25) is 0 Å². The summed E-state index contributed by atoms with van der Waals surface area (Å²) in [6, 6.07) is 7.15. The van der Waals surface area contributed by atoms with E-state index in [2.05, 4.69) is 0 Å². The number of halogens is 2. The standard InChI is InChI=1S/C18H21F2NO3/c19-18(20)9-10-21(11-18)14-7-3-4-8-15(14)23-17-13-6-2-1-5-12(13)16(22)24-17/h1-2,5-6,14-15,17H,3-4,7-11H2/t14-,15-,17?/m1/s1. The Labute approximate surface area is 139 Å². The summed E-state index contributed by atoms with van der Waals surface area (Å²) in [5.74, 6) is -2.98. The number of hydrogen-bond donors (Lipinski definition) is 0. The molecule has 1 saturated heterocycles. The fourth-order valence-corrected chi connectivity index (χ4v) is 4.07. The van der Waals surface area contributed by atoms with Crippen LogP contribution in [0, 0.1) is 0 Å². The van der Waals surface area contributed by atoms with E-state index >= 15 is 0 Å². The maximum atomic E-state index is 13.6. The highest BCUT2D eigenvalue weighted by atomic mass is 19.3. The highest BCUT2D eigenvalue weighted by Crippen LogP contribution is 2.38. The molecule has 2 heterocycles. The molecule has 0 radical (unpaired) electrons. The Morgan fingerprint density at radius 1 is 1.21 bits per heavy atom. The zero-order valence-electron chi connectivity index (χ0n) is 13.4. The molecule has 0 spiro atoms. The van der Waals surface area contributed by atoms with Crippen molar-refractivity contribution in [3.63, 3.8) is 0 Å². The van der Waals surface area contributed by atoms with Crippen LogP contribution in [0.25, 0.3) is 0 Å². The number of nitrogens with zero attached hydrogens (tertiary/aromatic N) is 1. The molecule has 3 aliphatic rings. The van der Waals surface area contributed by atoms with E-state index in [4.69, 9.17) is 9.47 Å². The number of rotatable bonds is 3. The third-order valence-electron chi connectivity index (χ3n) is 5.28. The van der Waals surface area contributed by atoms with Gasteiger partial charge in [0.15, 0.2) is 0 Å². The molecule has 6 heteroatoms. The summed E-state index contributed by atoms with van der Waals surface area (Å²) in [7, 11) is 0. The second-order valence-corrected chi connectivity index (χ2v) is 6.93. The predicted octanol–water partition coefficient (Wildman–Crippen LogP) is 3.52. The van der Waals surface area contributed by atoms with Crippen molar-refractivity contribution in [2.75, 3.05) is 13.1 Å². The van der Waals surface area contributed by atoms with E-state index in [9.17, 15) is 13.6 Å². The van der Waals surface area contributed by atoms with Gasteiger partial charge >= 0.3 is 5.97 Å². The zero-order chi connectivity index (χ0) is 16.7. The Morgan fingerprint density at radius 2 is 2.00 bits per heavy atom. The minimum atomic E-state index is -2.60. The molecule has 2 fully saturated rings. The number of alkyl halides is 2. The van der Waals surface area contributed by atoms with Gasteiger partial charge in [-0.05, 0) is 18.9 Å². The smallest absolute Gasteiger partial charge is 0.341 e. The Hall–Kier alpha value is -1.53. The molecule has 4 rings (SSSR count). The number of cyclic esters (lactones) is 1. The summed E-state index contributed by atoms with van der Waals surface area (Å²) >= 11 is 0. The molecule has 0 bridgehead atoms. The van der Waals surface area contributed by atoms with E-state index in [1.807, 2.05) is 17.0 Å². The van der Waals surface area contributed by atoms with Crippen molar-refractivity contribution >= 4 is 5.97 Å². The Morgan fingerprint density at radius 3 is 2.79 bits per heavy atom. The predicted molar refractivity (Wildman–Crippen MR) is 82.9 cm³/mol. The molecule has 24 heavy (non-hydrogen) atoms. The topological polar surface area (TPSA) is 38.8 Å². The van der Waals surface area contributed by atoms with Gasteiger partial charge in [0.2, 0.25) is 6.29 Å². The highest BCUT2D eigenvalue weighted by Gasteiger charge is 2.45. The molecule has 1 unspecified atom stereocenters. The van der Waals surface area contributed by atoms with Gasteiger partial charge in [-0.2, -0.15) is 0 Å². The Kier molecular flexibility index (Phi) is 4.04. The monoisotopic (exact) mass is 337 g/mol.